The van der Waals surface area contributed by atoms with E-state index >= 15 is 0 Å². The highest BCUT2D eigenvalue weighted by Gasteiger charge is 2.19. The number of rotatable bonds is 8. The summed E-state index contributed by atoms with van der Waals surface area (Å²) in [6.45, 7) is 5.66. The summed E-state index contributed by atoms with van der Waals surface area (Å²) in [6, 6.07) is 8.46. The number of non-ortho nitro benzene ring substituents is 1. The second-order valence-corrected chi connectivity index (χ2v) is 10.5. The maximum absolute atomic E-state index is 11.2. The van der Waals surface area contributed by atoms with Crippen LogP contribution in [0.1, 0.15) is 11.1 Å². The van der Waals surface area contributed by atoms with Crippen LogP contribution in [0.15, 0.2) is 36.5 Å². The first kappa shape index (κ1) is 24.9. The summed E-state index contributed by atoms with van der Waals surface area (Å²) in [5.41, 5.74) is 3.67. The summed E-state index contributed by atoms with van der Waals surface area (Å²) in [7, 11) is 2.91. The number of nitro benzene ring substituents is 1. The monoisotopic (exact) mass is 516 g/mol. The number of benzene rings is 2. The Kier molecular flexibility index (Phi) is 7.54. The van der Waals surface area contributed by atoms with Gasteiger partial charge in [-0.3, -0.25) is 10.1 Å². The Morgan fingerprint density at radius 3 is 2.66 bits per heavy atom. The van der Waals surface area contributed by atoms with E-state index in [1.54, 1.807) is 13.2 Å². The number of nitrogens with one attached hydrogen (secondary N) is 2. The molecular formula is C23H26ClN6O4P. The normalized spacial score (nSPS) is 13.3. The fourth-order valence-corrected chi connectivity index (χ4v) is 4.44. The standard InChI is InChI=1S/C23H26ClN6O4P/c1-29-8-7-14-10-20(33-2)19(9-15(14)13-29)27-23-25-12-17(24)22(28-23)26-18-6-5-16(30(31)32)11-21(18)34-35(3)4/h5-6,9-12H,7-8,13H2,1-4H3,(H2,25,26,27,28). The topological polar surface area (TPSA) is 115 Å². The summed E-state index contributed by atoms with van der Waals surface area (Å²) in [6.07, 6.45) is 2.45. The molecule has 12 heteroatoms. The van der Waals surface area contributed by atoms with Crippen LogP contribution in [-0.4, -0.2) is 53.8 Å². The fourth-order valence-electron chi connectivity index (χ4n) is 3.76. The van der Waals surface area contributed by atoms with Crippen molar-refractivity contribution in [3.63, 3.8) is 0 Å². The first-order valence-electron chi connectivity index (χ1n) is 10.8. The van der Waals surface area contributed by atoms with Gasteiger partial charge in [-0.2, -0.15) is 4.98 Å². The minimum Gasteiger partial charge on any atom is -0.495 e. The van der Waals surface area contributed by atoms with Crippen LogP contribution < -0.4 is 19.9 Å². The SMILES string of the molecule is COc1cc2c(cc1Nc1ncc(Cl)c(Nc3ccc([N+](=O)[O-])cc3OP(C)C)n1)CN(C)CC2. The Hall–Kier alpha value is -3.20. The molecule has 4 rings (SSSR count). The summed E-state index contributed by atoms with van der Waals surface area (Å²) in [5.74, 6) is 1.69. The zero-order chi connectivity index (χ0) is 25.1. The summed E-state index contributed by atoms with van der Waals surface area (Å²) < 4.78 is 11.4. The zero-order valence-corrected chi connectivity index (χ0v) is 21.5. The van der Waals surface area contributed by atoms with E-state index < -0.39 is 13.1 Å². The Labute approximate surface area is 209 Å². The van der Waals surface area contributed by atoms with Crippen molar-refractivity contribution in [1.82, 2.24) is 14.9 Å². The average molecular weight is 517 g/mol. The van der Waals surface area contributed by atoms with Crippen molar-refractivity contribution in [3.05, 3.63) is 62.8 Å². The number of halogens is 1. The molecule has 0 unspecified atom stereocenters. The van der Waals surface area contributed by atoms with E-state index in [2.05, 4.69) is 38.6 Å². The molecule has 0 radical (unpaired) electrons. The van der Waals surface area contributed by atoms with Crippen molar-refractivity contribution < 1.29 is 14.2 Å². The predicted molar refractivity (Wildman–Crippen MR) is 139 cm³/mol. The molecule has 0 bridgehead atoms. The Bertz CT molecular complexity index is 1260. The number of fused-ring (bicyclic) bond motifs is 1. The van der Waals surface area contributed by atoms with Crippen LogP contribution >= 0.6 is 19.7 Å². The first-order chi connectivity index (χ1) is 16.7. The molecule has 0 saturated heterocycles. The van der Waals surface area contributed by atoms with Crippen molar-refractivity contribution in [3.8, 4) is 11.5 Å². The van der Waals surface area contributed by atoms with Crippen molar-refractivity contribution in [2.24, 2.45) is 0 Å². The van der Waals surface area contributed by atoms with Crippen LogP contribution in [0, 0.1) is 10.1 Å². The third-order valence-corrected chi connectivity index (χ3v) is 6.26. The minimum absolute atomic E-state index is 0.0660. The molecule has 2 aromatic carbocycles. The van der Waals surface area contributed by atoms with Gasteiger partial charge in [0.25, 0.3) is 5.69 Å². The van der Waals surface area contributed by atoms with E-state index in [0.717, 1.165) is 25.2 Å². The number of anilines is 4. The number of nitro groups is 1. The highest BCUT2D eigenvalue weighted by atomic mass is 35.5. The number of nitrogens with zero attached hydrogens (tertiary/aromatic N) is 4. The third kappa shape index (κ3) is 5.90. The summed E-state index contributed by atoms with van der Waals surface area (Å²) in [5, 5.41) is 17.9. The fraction of sp³-hybridized carbons (Fsp3) is 0.304. The van der Waals surface area contributed by atoms with Crippen molar-refractivity contribution in [2.45, 2.75) is 13.0 Å². The number of hydrogen-bond acceptors (Lipinski definition) is 9. The number of methoxy groups -OCH3 is 1. The average Bonchev–Trinajstić information content (AvgIpc) is 2.81. The lowest BCUT2D eigenvalue weighted by Gasteiger charge is -2.26. The van der Waals surface area contributed by atoms with Gasteiger partial charge >= 0.3 is 0 Å². The molecule has 1 aliphatic heterocycles. The smallest absolute Gasteiger partial charge is 0.273 e. The first-order valence-corrected chi connectivity index (χ1v) is 13.4. The van der Waals surface area contributed by atoms with E-state index in [4.69, 9.17) is 20.9 Å². The van der Waals surface area contributed by atoms with E-state index in [9.17, 15) is 10.1 Å². The van der Waals surface area contributed by atoms with E-state index in [1.807, 2.05) is 19.4 Å². The lowest BCUT2D eigenvalue weighted by Crippen LogP contribution is -2.26. The van der Waals surface area contributed by atoms with E-state index in [0.29, 0.717) is 29.0 Å². The predicted octanol–water partition coefficient (Wildman–Crippen LogP) is 5.56. The van der Waals surface area contributed by atoms with Gasteiger partial charge in [0.1, 0.15) is 10.8 Å². The van der Waals surface area contributed by atoms with Crippen LogP contribution in [0.2, 0.25) is 5.02 Å². The molecule has 2 N–H and O–H groups in total. The van der Waals surface area contributed by atoms with Gasteiger partial charge in [-0.15, -0.1) is 0 Å². The van der Waals surface area contributed by atoms with Crippen LogP contribution in [0.4, 0.5) is 28.8 Å². The van der Waals surface area contributed by atoms with Crippen LogP contribution in [0.5, 0.6) is 11.5 Å². The van der Waals surface area contributed by atoms with Gasteiger partial charge in [0.15, 0.2) is 11.6 Å². The maximum Gasteiger partial charge on any atom is 0.273 e. The van der Waals surface area contributed by atoms with Gasteiger partial charge < -0.3 is 24.8 Å². The highest BCUT2D eigenvalue weighted by Crippen LogP contribution is 2.40. The number of likely N-dealkylation sites (N-methyl/N-ethyl adjacent to an activating group) is 1. The molecule has 10 nitrogen and oxygen atoms in total. The molecule has 0 saturated carbocycles. The summed E-state index contributed by atoms with van der Waals surface area (Å²) in [4.78, 5) is 21.9. The van der Waals surface area contributed by atoms with Gasteiger partial charge in [0.2, 0.25) is 5.95 Å². The minimum atomic E-state index is -0.818. The second-order valence-electron chi connectivity index (χ2n) is 8.29. The van der Waals surface area contributed by atoms with Gasteiger partial charge in [-0.25, -0.2) is 4.98 Å². The quantitative estimate of drug-likeness (QED) is 0.225. The van der Waals surface area contributed by atoms with Crippen molar-refractivity contribution in [2.75, 3.05) is 44.7 Å². The van der Waals surface area contributed by atoms with Gasteiger partial charge in [-0.05, 0) is 56.1 Å². The van der Waals surface area contributed by atoms with Gasteiger partial charge in [0, 0.05) is 19.2 Å². The van der Waals surface area contributed by atoms with Crippen LogP contribution in [-0.2, 0) is 13.0 Å². The Morgan fingerprint density at radius 2 is 1.94 bits per heavy atom. The van der Waals surface area contributed by atoms with Crippen LogP contribution in [0.3, 0.4) is 0 Å². The van der Waals surface area contributed by atoms with Crippen molar-refractivity contribution in [1.29, 1.82) is 0 Å². The van der Waals surface area contributed by atoms with Gasteiger partial charge in [-0.1, -0.05) is 11.6 Å². The highest BCUT2D eigenvalue weighted by molar-refractivity contribution is 7.51. The molecule has 3 aromatic rings. The molecule has 0 aliphatic carbocycles. The number of hydrogen-bond donors (Lipinski definition) is 2. The molecule has 1 aliphatic rings. The zero-order valence-electron chi connectivity index (χ0n) is 19.8. The molecule has 2 heterocycles. The molecule has 0 fully saturated rings. The Balaban J connectivity index is 1.63. The molecular weight excluding hydrogens is 491 g/mol. The molecule has 0 spiro atoms. The molecule has 1 aromatic heterocycles. The third-order valence-electron chi connectivity index (χ3n) is 5.43. The number of ether oxygens (including phenoxy) is 1. The lowest BCUT2D eigenvalue weighted by atomic mass is 9.99. The molecule has 0 amide bonds. The van der Waals surface area contributed by atoms with E-state index in [1.165, 1.54) is 29.5 Å². The molecule has 35 heavy (non-hydrogen) atoms. The van der Waals surface area contributed by atoms with Gasteiger partial charge in [0.05, 0.1) is 43.8 Å². The maximum atomic E-state index is 11.2. The van der Waals surface area contributed by atoms with Crippen LogP contribution in [0.25, 0.3) is 0 Å². The lowest BCUT2D eigenvalue weighted by molar-refractivity contribution is -0.384. The molecule has 184 valence electrons. The number of aromatic nitrogens is 2. The Morgan fingerprint density at radius 1 is 1.14 bits per heavy atom. The molecule has 0 atom stereocenters. The van der Waals surface area contributed by atoms with E-state index in [-0.39, 0.29) is 10.7 Å². The van der Waals surface area contributed by atoms with Crippen molar-refractivity contribution >= 4 is 48.6 Å². The summed E-state index contributed by atoms with van der Waals surface area (Å²) >= 11 is 6.37. The largest absolute Gasteiger partial charge is 0.495 e. The second kappa shape index (κ2) is 10.6.